The summed E-state index contributed by atoms with van der Waals surface area (Å²) in [5.74, 6) is -0.427. The zero-order valence-corrected chi connectivity index (χ0v) is 9.48. The van der Waals surface area contributed by atoms with Gasteiger partial charge in [0, 0.05) is 11.9 Å². The fourth-order valence-electron chi connectivity index (χ4n) is 1.11. The Bertz CT molecular complexity index is 393. The van der Waals surface area contributed by atoms with Gasteiger partial charge in [-0.1, -0.05) is 6.07 Å². The molecule has 16 heavy (non-hydrogen) atoms. The Kier molecular flexibility index (Phi) is 4.39. The lowest BCUT2D eigenvalue weighted by Crippen LogP contribution is -2.31. The minimum Gasteiger partial charge on any atom is -0.465 e. The number of rotatable bonds is 4. The first-order valence-corrected chi connectivity index (χ1v) is 5.73. The number of nitrogens with zero attached hydrogens (tertiary/aromatic N) is 2. The summed E-state index contributed by atoms with van der Waals surface area (Å²) in [4.78, 5) is 15.6. The van der Waals surface area contributed by atoms with Gasteiger partial charge in [0.1, 0.15) is 5.88 Å². The molecule has 1 rings (SSSR count). The second-order valence-electron chi connectivity index (χ2n) is 3.24. The molecule has 7 heteroatoms. The van der Waals surface area contributed by atoms with Crippen molar-refractivity contribution in [1.29, 1.82) is 0 Å². The fourth-order valence-corrected chi connectivity index (χ4v) is 1.58. The van der Waals surface area contributed by atoms with Crippen LogP contribution in [0.25, 0.3) is 0 Å². The maximum absolute atomic E-state index is 10.8. The average Bonchev–Trinajstić information content (AvgIpc) is 2.19. The van der Waals surface area contributed by atoms with Crippen molar-refractivity contribution in [3.05, 3.63) is 29.6 Å². The first-order chi connectivity index (χ1) is 7.49. The molecule has 1 aromatic rings. The summed E-state index contributed by atoms with van der Waals surface area (Å²) < 4.78 is 19.2. The maximum Gasteiger partial charge on any atom is 0.408 e. The summed E-state index contributed by atoms with van der Waals surface area (Å²) in [5, 5.41) is 8.80. The van der Waals surface area contributed by atoms with Crippen molar-refractivity contribution in [3.8, 4) is 0 Å². The second kappa shape index (κ2) is 5.57. The second-order valence-corrected chi connectivity index (χ2v) is 4.14. The molecular weight excluding hydrogens is 232 g/mol. The standard InChI is InChI=1S/C9H12N2O4S/c1-7-2-3-8(4-10-7)5-11(9(12)13)6-16(14)15/h2-4H,5-6H2,1H3,(H,12,13)(H,14,15). The van der Waals surface area contributed by atoms with E-state index in [1.165, 1.54) is 0 Å². The van der Waals surface area contributed by atoms with E-state index in [1.807, 2.05) is 6.92 Å². The molecule has 1 heterocycles. The van der Waals surface area contributed by atoms with Crippen LogP contribution < -0.4 is 0 Å². The minimum atomic E-state index is -2.17. The zero-order valence-electron chi connectivity index (χ0n) is 8.66. The van der Waals surface area contributed by atoms with Crippen LogP contribution in [-0.2, 0) is 17.6 Å². The lowest BCUT2D eigenvalue weighted by molar-refractivity contribution is 0.150. The molecule has 0 bridgehead atoms. The third-order valence-corrected chi connectivity index (χ3v) is 2.42. The summed E-state index contributed by atoms with van der Waals surface area (Å²) >= 11 is -2.17. The molecule has 1 aromatic heterocycles. The maximum atomic E-state index is 10.8. The van der Waals surface area contributed by atoms with E-state index in [2.05, 4.69) is 4.98 Å². The average molecular weight is 244 g/mol. The van der Waals surface area contributed by atoms with Crippen molar-refractivity contribution < 1.29 is 18.7 Å². The van der Waals surface area contributed by atoms with Gasteiger partial charge in [-0.25, -0.2) is 9.00 Å². The van der Waals surface area contributed by atoms with Gasteiger partial charge in [0.15, 0.2) is 11.1 Å². The molecule has 0 fully saturated rings. The highest BCUT2D eigenvalue weighted by molar-refractivity contribution is 7.79. The number of carbonyl (C=O) groups is 1. The van der Waals surface area contributed by atoms with Gasteiger partial charge in [-0.2, -0.15) is 0 Å². The van der Waals surface area contributed by atoms with Crippen LogP contribution in [0.5, 0.6) is 0 Å². The Labute approximate surface area is 95.2 Å². The normalized spacial score (nSPS) is 12.1. The number of aromatic nitrogens is 1. The molecule has 6 nitrogen and oxygen atoms in total. The molecular formula is C9H12N2O4S. The summed E-state index contributed by atoms with van der Waals surface area (Å²) in [5.41, 5.74) is 1.51. The molecule has 2 N–H and O–H groups in total. The topological polar surface area (TPSA) is 90.7 Å². The summed E-state index contributed by atoms with van der Waals surface area (Å²) in [6, 6.07) is 3.49. The monoisotopic (exact) mass is 244 g/mol. The molecule has 0 aliphatic heterocycles. The van der Waals surface area contributed by atoms with E-state index in [9.17, 15) is 9.00 Å². The molecule has 0 radical (unpaired) electrons. The SMILES string of the molecule is Cc1ccc(CN(CS(=O)O)C(=O)O)cn1. The number of aryl methyl sites for hydroxylation is 1. The van der Waals surface area contributed by atoms with E-state index in [0.717, 1.165) is 10.6 Å². The zero-order chi connectivity index (χ0) is 12.1. The van der Waals surface area contributed by atoms with E-state index in [0.29, 0.717) is 5.56 Å². The van der Waals surface area contributed by atoms with E-state index in [1.54, 1.807) is 18.3 Å². The summed E-state index contributed by atoms with van der Waals surface area (Å²) in [6.07, 6.45) is 0.314. The van der Waals surface area contributed by atoms with Gasteiger partial charge in [-0.05, 0) is 18.6 Å². The smallest absolute Gasteiger partial charge is 0.408 e. The van der Waals surface area contributed by atoms with E-state index >= 15 is 0 Å². The van der Waals surface area contributed by atoms with Gasteiger partial charge < -0.3 is 9.66 Å². The van der Waals surface area contributed by atoms with Crippen molar-refractivity contribution in [2.45, 2.75) is 13.5 Å². The van der Waals surface area contributed by atoms with Crippen molar-refractivity contribution in [2.75, 3.05) is 5.88 Å². The third kappa shape index (κ3) is 3.95. The molecule has 1 amide bonds. The molecule has 0 aliphatic carbocycles. The van der Waals surface area contributed by atoms with Crippen LogP contribution in [0.1, 0.15) is 11.3 Å². The van der Waals surface area contributed by atoms with Crippen LogP contribution >= 0.6 is 0 Å². The molecule has 0 spiro atoms. The van der Waals surface area contributed by atoms with Crippen LogP contribution in [-0.4, -0.2) is 35.7 Å². The van der Waals surface area contributed by atoms with Gasteiger partial charge in [-0.3, -0.25) is 9.88 Å². The number of carboxylic acid groups (broad SMARTS) is 1. The number of pyridine rings is 1. The van der Waals surface area contributed by atoms with E-state index in [-0.39, 0.29) is 6.54 Å². The van der Waals surface area contributed by atoms with Gasteiger partial charge >= 0.3 is 6.09 Å². The highest BCUT2D eigenvalue weighted by Crippen LogP contribution is 2.05. The van der Waals surface area contributed by atoms with E-state index in [4.69, 9.17) is 9.66 Å². The van der Waals surface area contributed by atoms with Crippen molar-refractivity contribution in [3.63, 3.8) is 0 Å². The van der Waals surface area contributed by atoms with Gasteiger partial charge in [-0.15, -0.1) is 0 Å². The lowest BCUT2D eigenvalue weighted by atomic mass is 10.2. The number of hydrogen-bond donors (Lipinski definition) is 2. The number of hydrogen-bond acceptors (Lipinski definition) is 3. The Hall–Kier alpha value is -1.47. The van der Waals surface area contributed by atoms with Crippen LogP contribution in [0.2, 0.25) is 0 Å². The first-order valence-electron chi connectivity index (χ1n) is 4.46. The molecule has 1 unspecified atom stereocenters. The first kappa shape index (κ1) is 12.6. The van der Waals surface area contributed by atoms with Crippen molar-refractivity contribution >= 4 is 17.2 Å². The molecule has 1 atom stereocenters. The number of amides is 1. The lowest BCUT2D eigenvalue weighted by Gasteiger charge is -2.16. The van der Waals surface area contributed by atoms with Crippen molar-refractivity contribution in [1.82, 2.24) is 9.88 Å². The Morgan fingerprint density at radius 2 is 2.25 bits per heavy atom. The van der Waals surface area contributed by atoms with Gasteiger partial charge in [0.2, 0.25) is 0 Å². The largest absolute Gasteiger partial charge is 0.465 e. The Balaban J connectivity index is 2.71. The van der Waals surface area contributed by atoms with Crippen LogP contribution in [0.15, 0.2) is 18.3 Å². The molecule has 0 aromatic carbocycles. The Morgan fingerprint density at radius 3 is 2.69 bits per heavy atom. The van der Waals surface area contributed by atoms with E-state index < -0.39 is 23.1 Å². The van der Waals surface area contributed by atoms with Crippen LogP contribution in [0.4, 0.5) is 4.79 Å². The third-order valence-electron chi connectivity index (χ3n) is 1.88. The minimum absolute atomic E-state index is 0.0505. The van der Waals surface area contributed by atoms with Crippen LogP contribution in [0, 0.1) is 6.92 Å². The highest BCUT2D eigenvalue weighted by atomic mass is 32.2. The molecule has 0 saturated carbocycles. The molecule has 0 aliphatic rings. The van der Waals surface area contributed by atoms with Crippen molar-refractivity contribution in [2.24, 2.45) is 0 Å². The summed E-state index contributed by atoms with van der Waals surface area (Å²) in [6.45, 7) is 1.87. The Morgan fingerprint density at radius 1 is 1.56 bits per heavy atom. The molecule has 0 saturated heterocycles. The fraction of sp³-hybridized carbons (Fsp3) is 0.333. The van der Waals surface area contributed by atoms with Crippen LogP contribution in [0.3, 0.4) is 0 Å². The predicted molar refractivity (Wildman–Crippen MR) is 58.2 cm³/mol. The van der Waals surface area contributed by atoms with Gasteiger partial charge in [0.05, 0.1) is 6.54 Å². The summed E-state index contributed by atoms with van der Waals surface area (Å²) in [7, 11) is 0. The predicted octanol–water partition coefficient (Wildman–Crippen LogP) is 1.05. The van der Waals surface area contributed by atoms with Gasteiger partial charge in [0.25, 0.3) is 0 Å². The quantitative estimate of drug-likeness (QED) is 0.772. The molecule has 88 valence electrons. The highest BCUT2D eigenvalue weighted by Gasteiger charge is 2.14.